The van der Waals surface area contributed by atoms with Crippen LogP contribution in [0, 0.1) is 6.92 Å². The fourth-order valence-corrected chi connectivity index (χ4v) is 3.93. The summed E-state index contributed by atoms with van der Waals surface area (Å²) in [5.41, 5.74) is 1.66. The van der Waals surface area contributed by atoms with E-state index < -0.39 is 5.97 Å². The van der Waals surface area contributed by atoms with Crippen molar-refractivity contribution < 1.29 is 42.7 Å². The number of allylic oxidation sites excluding steroid dienone is 1. The van der Waals surface area contributed by atoms with Crippen LogP contribution in [0.2, 0.25) is 0 Å². The molecule has 0 spiro atoms. The van der Waals surface area contributed by atoms with E-state index in [1.54, 1.807) is 50.4 Å². The predicted octanol–water partition coefficient (Wildman–Crippen LogP) is 4.87. The molecular formula is C28H26O9. The number of ketones is 1. The van der Waals surface area contributed by atoms with Crippen LogP contribution in [-0.2, 0) is 0 Å². The minimum atomic E-state index is -0.650. The molecule has 0 saturated heterocycles. The average Bonchev–Trinajstić information content (AvgIpc) is 3.24. The molecule has 0 aliphatic carbocycles. The standard InChI is InChI=1S/C28H26O9/c1-15-20(37-28(30)17-13-23(33-4)27(35-6)24(14-17)34-5)10-8-19-25(29)22(36-26(15)19)12-16-11-18(31-2)7-9-21(16)32-3/h7-14H,1-6H3/b22-12-. The molecule has 0 radical (unpaired) electrons. The molecule has 4 rings (SSSR count). The first-order chi connectivity index (χ1) is 17.8. The molecule has 0 N–H and O–H groups in total. The van der Waals surface area contributed by atoms with Crippen molar-refractivity contribution in [2.75, 3.05) is 35.5 Å². The summed E-state index contributed by atoms with van der Waals surface area (Å²) < 4.78 is 38.2. The highest BCUT2D eigenvalue weighted by atomic mass is 16.5. The molecule has 1 aliphatic heterocycles. The minimum absolute atomic E-state index is 0.109. The number of methoxy groups -OCH3 is 5. The normalized spacial score (nSPS) is 13.0. The Morgan fingerprint density at radius 2 is 1.43 bits per heavy atom. The fourth-order valence-electron chi connectivity index (χ4n) is 3.93. The molecular weight excluding hydrogens is 480 g/mol. The summed E-state index contributed by atoms with van der Waals surface area (Å²) in [6, 6.07) is 11.3. The molecule has 0 unspecified atom stereocenters. The summed E-state index contributed by atoms with van der Waals surface area (Å²) in [7, 11) is 7.47. The first-order valence-corrected chi connectivity index (χ1v) is 11.2. The molecule has 1 aliphatic rings. The van der Waals surface area contributed by atoms with Gasteiger partial charge >= 0.3 is 5.97 Å². The molecule has 0 atom stereocenters. The maximum Gasteiger partial charge on any atom is 0.343 e. The van der Waals surface area contributed by atoms with Crippen molar-refractivity contribution in [3.8, 4) is 40.2 Å². The molecule has 0 saturated carbocycles. The van der Waals surface area contributed by atoms with Crippen LogP contribution in [0.25, 0.3) is 6.08 Å². The highest BCUT2D eigenvalue weighted by molar-refractivity contribution is 6.15. The van der Waals surface area contributed by atoms with Crippen LogP contribution < -0.4 is 33.2 Å². The number of ether oxygens (including phenoxy) is 7. The monoisotopic (exact) mass is 506 g/mol. The van der Waals surface area contributed by atoms with Gasteiger partial charge in [-0.15, -0.1) is 0 Å². The third-order valence-electron chi connectivity index (χ3n) is 5.86. The molecule has 192 valence electrons. The minimum Gasteiger partial charge on any atom is -0.497 e. The topological polar surface area (TPSA) is 98.8 Å². The molecule has 3 aromatic carbocycles. The molecule has 1 heterocycles. The van der Waals surface area contributed by atoms with Gasteiger partial charge in [0, 0.05) is 11.1 Å². The summed E-state index contributed by atoms with van der Waals surface area (Å²) in [6.07, 6.45) is 1.59. The van der Waals surface area contributed by atoms with E-state index in [9.17, 15) is 9.59 Å². The van der Waals surface area contributed by atoms with Gasteiger partial charge < -0.3 is 33.2 Å². The molecule has 0 aromatic heterocycles. The molecule has 9 heteroatoms. The first-order valence-electron chi connectivity index (χ1n) is 11.2. The lowest BCUT2D eigenvalue weighted by Gasteiger charge is -2.14. The zero-order valence-corrected chi connectivity index (χ0v) is 21.3. The van der Waals surface area contributed by atoms with Crippen molar-refractivity contribution in [3.63, 3.8) is 0 Å². The predicted molar refractivity (Wildman–Crippen MR) is 135 cm³/mol. The second-order valence-corrected chi connectivity index (χ2v) is 7.92. The summed E-state index contributed by atoms with van der Waals surface area (Å²) in [5, 5.41) is 0. The fraction of sp³-hybridized carbons (Fsp3) is 0.214. The van der Waals surface area contributed by atoms with Crippen LogP contribution >= 0.6 is 0 Å². The summed E-state index contributed by atoms with van der Waals surface area (Å²) in [4.78, 5) is 26.0. The third kappa shape index (κ3) is 4.75. The lowest BCUT2D eigenvalue weighted by atomic mass is 10.1. The summed E-state index contributed by atoms with van der Waals surface area (Å²) in [6.45, 7) is 1.71. The molecule has 0 fully saturated rings. The Morgan fingerprint density at radius 1 is 0.784 bits per heavy atom. The van der Waals surface area contributed by atoms with Gasteiger partial charge in [-0.1, -0.05) is 0 Å². The quantitative estimate of drug-likeness (QED) is 0.241. The van der Waals surface area contributed by atoms with E-state index in [2.05, 4.69) is 0 Å². The van der Waals surface area contributed by atoms with E-state index in [4.69, 9.17) is 33.2 Å². The number of fused-ring (bicyclic) bond motifs is 1. The van der Waals surface area contributed by atoms with Crippen LogP contribution in [0.4, 0.5) is 0 Å². The molecule has 0 amide bonds. The van der Waals surface area contributed by atoms with Gasteiger partial charge in [-0.2, -0.15) is 0 Å². The smallest absolute Gasteiger partial charge is 0.343 e. The largest absolute Gasteiger partial charge is 0.497 e. The second kappa shape index (κ2) is 10.5. The summed E-state index contributed by atoms with van der Waals surface area (Å²) in [5.74, 6) is 1.86. The number of benzene rings is 3. The van der Waals surface area contributed by atoms with Crippen molar-refractivity contribution in [1.82, 2.24) is 0 Å². The number of rotatable bonds is 8. The number of carbonyl (C=O) groups is 2. The Labute approximate surface area is 214 Å². The molecule has 9 nitrogen and oxygen atoms in total. The van der Waals surface area contributed by atoms with Gasteiger partial charge in [0.1, 0.15) is 23.0 Å². The lowest BCUT2D eigenvalue weighted by Crippen LogP contribution is -2.10. The Kier molecular flexibility index (Phi) is 7.24. The highest BCUT2D eigenvalue weighted by Gasteiger charge is 2.31. The number of carbonyl (C=O) groups excluding carboxylic acids is 2. The second-order valence-electron chi connectivity index (χ2n) is 7.92. The van der Waals surface area contributed by atoms with E-state index in [-0.39, 0.29) is 22.9 Å². The number of Topliss-reactive ketones (excluding diaryl/α,β-unsaturated/α-hetero) is 1. The molecule has 3 aromatic rings. The van der Waals surface area contributed by atoms with Crippen LogP contribution in [0.5, 0.6) is 40.2 Å². The Morgan fingerprint density at radius 3 is 2.03 bits per heavy atom. The van der Waals surface area contributed by atoms with Crippen molar-refractivity contribution in [2.24, 2.45) is 0 Å². The maximum atomic E-state index is 13.1. The number of esters is 1. The van der Waals surface area contributed by atoms with Gasteiger partial charge in [-0.05, 0) is 55.5 Å². The number of hydrogen-bond donors (Lipinski definition) is 0. The van der Waals surface area contributed by atoms with E-state index in [0.29, 0.717) is 51.2 Å². The molecule has 0 bridgehead atoms. The van der Waals surface area contributed by atoms with E-state index >= 15 is 0 Å². The Balaban J connectivity index is 1.64. The van der Waals surface area contributed by atoms with Crippen LogP contribution in [0.3, 0.4) is 0 Å². The number of hydrogen-bond acceptors (Lipinski definition) is 9. The van der Waals surface area contributed by atoms with Gasteiger partial charge in [0.25, 0.3) is 0 Å². The third-order valence-corrected chi connectivity index (χ3v) is 5.86. The van der Waals surface area contributed by atoms with Crippen LogP contribution in [0.15, 0.2) is 48.2 Å². The van der Waals surface area contributed by atoms with Gasteiger partial charge in [-0.3, -0.25) is 4.79 Å². The van der Waals surface area contributed by atoms with Gasteiger partial charge in [0.15, 0.2) is 17.3 Å². The van der Waals surface area contributed by atoms with Gasteiger partial charge in [-0.25, -0.2) is 4.79 Å². The van der Waals surface area contributed by atoms with Crippen LogP contribution in [0.1, 0.15) is 31.8 Å². The summed E-state index contributed by atoms with van der Waals surface area (Å²) >= 11 is 0. The van der Waals surface area contributed by atoms with E-state index in [0.717, 1.165) is 0 Å². The van der Waals surface area contributed by atoms with E-state index in [1.807, 2.05) is 0 Å². The highest BCUT2D eigenvalue weighted by Crippen LogP contribution is 2.41. The zero-order valence-electron chi connectivity index (χ0n) is 21.3. The van der Waals surface area contributed by atoms with Crippen molar-refractivity contribution >= 4 is 17.8 Å². The van der Waals surface area contributed by atoms with Crippen molar-refractivity contribution in [2.45, 2.75) is 6.92 Å². The van der Waals surface area contributed by atoms with E-state index in [1.165, 1.54) is 40.6 Å². The molecule has 37 heavy (non-hydrogen) atoms. The van der Waals surface area contributed by atoms with Crippen molar-refractivity contribution in [1.29, 1.82) is 0 Å². The Bertz CT molecular complexity index is 1380. The maximum absolute atomic E-state index is 13.1. The van der Waals surface area contributed by atoms with Gasteiger partial charge in [0.2, 0.25) is 11.5 Å². The first kappa shape index (κ1) is 25.4. The zero-order chi connectivity index (χ0) is 26.7. The lowest BCUT2D eigenvalue weighted by molar-refractivity contribution is 0.0732. The average molecular weight is 507 g/mol. The SMILES string of the molecule is COc1ccc(OC)c(/C=C2\Oc3c(ccc(OC(=O)c4cc(OC)c(OC)c(OC)c4)c3C)C2=O)c1. The van der Waals surface area contributed by atoms with Crippen LogP contribution in [-0.4, -0.2) is 47.3 Å². The van der Waals surface area contributed by atoms with Crippen molar-refractivity contribution in [3.05, 3.63) is 70.5 Å². The Hall–Kier alpha value is -4.66. The van der Waals surface area contributed by atoms with Gasteiger partial charge in [0.05, 0.1) is 46.7 Å².